The SMILES string of the molecule is CONc1nc(Cl)nc2c1ncn2[C@@H]1O[C@H](COC(C)=O)[C@@H](O)[C@H]1O. The zero-order valence-electron chi connectivity index (χ0n) is 13.3. The predicted molar refractivity (Wildman–Crippen MR) is 83.5 cm³/mol. The lowest BCUT2D eigenvalue weighted by Gasteiger charge is -2.16. The first-order valence-corrected chi connectivity index (χ1v) is 7.64. The van der Waals surface area contributed by atoms with Crippen LogP contribution in [-0.2, 0) is 19.1 Å². The third kappa shape index (κ3) is 3.37. The monoisotopic (exact) mass is 373 g/mol. The van der Waals surface area contributed by atoms with Crippen LogP contribution >= 0.6 is 11.6 Å². The maximum absolute atomic E-state index is 10.9. The van der Waals surface area contributed by atoms with Crippen LogP contribution in [-0.4, -0.2) is 67.7 Å². The van der Waals surface area contributed by atoms with E-state index in [4.69, 9.17) is 25.9 Å². The van der Waals surface area contributed by atoms with E-state index in [-0.39, 0.29) is 23.4 Å². The Morgan fingerprint density at radius 3 is 2.88 bits per heavy atom. The molecule has 3 heterocycles. The highest BCUT2D eigenvalue weighted by molar-refractivity contribution is 6.28. The van der Waals surface area contributed by atoms with E-state index >= 15 is 0 Å². The number of esters is 1. The van der Waals surface area contributed by atoms with Crippen molar-refractivity contribution in [1.29, 1.82) is 0 Å². The largest absolute Gasteiger partial charge is 0.463 e. The maximum Gasteiger partial charge on any atom is 0.302 e. The van der Waals surface area contributed by atoms with Crippen molar-refractivity contribution >= 4 is 34.6 Å². The molecule has 12 heteroatoms. The van der Waals surface area contributed by atoms with Crippen molar-refractivity contribution in [2.75, 3.05) is 19.2 Å². The summed E-state index contributed by atoms with van der Waals surface area (Å²) in [5.74, 6) is -0.280. The van der Waals surface area contributed by atoms with Crippen molar-refractivity contribution in [3.63, 3.8) is 0 Å². The first kappa shape index (κ1) is 17.8. The van der Waals surface area contributed by atoms with Gasteiger partial charge in [0.1, 0.15) is 24.9 Å². The van der Waals surface area contributed by atoms with Crippen LogP contribution in [0.3, 0.4) is 0 Å². The van der Waals surface area contributed by atoms with Crippen LogP contribution in [0.5, 0.6) is 0 Å². The predicted octanol–water partition coefficient (Wildman–Crippen LogP) is -0.365. The van der Waals surface area contributed by atoms with Gasteiger partial charge >= 0.3 is 5.97 Å². The van der Waals surface area contributed by atoms with Gasteiger partial charge in [0.25, 0.3) is 0 Å². The van der Waals surface area contributed by atoms with Crippen LogP contribution in [0.25, 0.3) is 11.2 Å². The minimum atomic E-state index is -1.29. The molecule has 0 spiro atoms. The summed E-state index contributed by atoms with van der Waals surface area (Å²) in [6, 6.07) is 0. The second kappa shape index (κ2) is 7.06. The Bertz CT molecular complexity index is 786. The van der Waals surface area contributed by atoms with E-state index in [9.17, 15) is 15.0 Å². The number of imidazole rings is 1. The molecule has 1 saturated heterocycles. The number of aliphatic hydroxyl groups excluding tert-OH is 2. The number of nitrogens with zero attached hydrogens (tertiary/aromatic N) is 4. The number of carbonyl (C=O) groups excluding carboxylic acids is 1. The number of hydrogen-bond donors (Lipinski definition) is 3. The van der Waals surface area contributed by atoms with Gasteiger partial charge in [-0.15, -0.1) is 0 Å². The summed E-state index contributed by atoms with van der Waals surface area (Å²) in [6.45, 7) is 1.05. The standard InChI is InChI=1S/C13H16ClN5O6/c1-5(20)24-3-6-8(21)9(22)12(25-6)19-4-15-7-10(18-23-2)16-13(14)17-11(7)19/h4,6,8-9,12,21-22H,3H2,1-2H3,(H,16,17,18)/t6-,8-,9-,12-/m1/s1. The fraction of sp³-hybridized carbons (Fsp3) is 0.538. The summed E-state index contributed by atoms with van der Waals surface area (Å²) >= 11 is 5.90. The summed E-state index contributed by atoms with van der Waals surface area (Å²) in [7, 11) is 1.40. The van der Waals surface area contributed by atoms with E-state index in [1.54, 1.807) is 0 Å². The van der Waals surface area contributed by atoms with Gasteiger partial charge in [0, 0.05) is 6.92 Å². The number of aromatic nitrogens is 4. The summed E-state index contributed by atoms with van der Waals surface area (Å²) < 4.78 is 11.9. The lowest BCUT2D eigenvalue weighted by atomic mass is 10.1. The average molecular weight is 374 g/mol. The Hall–Kier alpha value is -2.05. The summed E-state index contributed by atoms with van der Waals surface area (Å²) in [4.78, 5) is 27.9. The van der Waals surface area contributed by atoms with Crippen LogP contribution in [0.15, 0.2) is 6.33 Å². The Morgan fingerprint density at radius 2 is 2.20 bits per heavy atom. The van der Waals surface area contributed by atoms with Crippen molar-refractivity contribution in [3.05, 3.63) is 11.6 Å². The molecule has 0 unspecified atom stereocenters. The van der Waals surface area contributed by atoms with Gasteiger partial charge in [-0.1, -0.05) is 0 Å². The first-order chi connectivity index (χ1) is 11.9. The third-order valence-electron chi connectivity index (χ3n) is 3.66. The molecule has 1 fully saturated rings. The molecule has 0 aliphatic carbocycles. The molecular weight excluding hydrogens is 358 g/mol. The van der Waals surface area contributed by atoms with Gasteiger partial charge in [-0.25, -0.2) is 10.5 Å². The Labute approximate surface area is 146 Å². The van der Waals surface area contributed by atoms with Gasteiger partial charge in [0.15, 0.2) is 23.2 Å². The van der Waals surface area contributed by atoms with Crippen LogP contribution < -0.4 is 5.48 Å². The zero-order chi connectivity index (χ0) is 18.1. The van der Waals surface area contributed by atoms with Gasteiger partial charge < -0.3 is 19.7 Å². The number of rotatable bonds is 5. The van der Waals surface area contributed by atoms with E-state index in [0.29, 0.717) is 5.52 Å². The van der Waals surface area contributed by atoms with Crippen LogP contribution in [0.1, 0.15) is 13.2 Å². The number of hydrogen-bond acceptors (Lipinski definition) is 10. The Morgan fingerprint density at radius 1 is 1.44 bits per heavy atom. The highest BCUT2D eigenvalue weighted by Crippen LogP contribution is 2.33. The topological polar surface area (TPSA) is 141 Å². The van der Waals surface area contributed by atoms with E-state index in [2.05, 4.69) is 20.4 Å². The number of carbonyl (C=O) groups is 1. The molecule has 11 nitrogen and oxygen atoms in total. The summed E-state index contributed by atoms with van der Waals surface area (Å²) in [5.41, 5.74) is 3.14. The highest BCUT2D eigenvalue weighted by Gasteiger charge is 2.44. The highest BCUT2D eigenvalue weighted by atomic mass is 35.5. The van der Waals surface area contributed by atoms with E-state index < -0.39 is 30.5 Å². The molecule has 136 valence electrons. The molecule has 0 radical (unpaired) electrons. The molecule has 3 N–H and O–H groups in total. The molecule has 1 aliphatic heterocycles. The molecule has 25 heavy (non-hydrogen) atoms. The molecule has 3 rings (SSSR count). The van der Waals surface area contributed by atoms with Gasteiger partial charge in [-0.2, -0.15) is 9.97 Å². The van der Waals surface area contributed by atoms with Crippen molar-refractivity contribution in [3.8, 4) is 0 Å². The minimum absolute atomic E-state index is 0.0710. The minimum Gasteiger partial charge on any atom is -0.463 e. The lowest BCUT2D eigenvalue weighted by Crippen LogP contribution is -2.34. The molecule has 1 aliphatic rings. The molecule has 0 bridgehead atoms. The molecule has 0 aromatic carbocycles. The second-order valence-electron chi connectivity index (χ2n) is 5.32. The van der Waals surface area contributed by atoms with Crippen molar-refractivity contribution < 1.29 is 29.3 Å². The van der Waals surface area contributed by atoms with E-state index in [1.165, 1.54) is 24.9 Å². The number of nitrogens with one attached hydrogen (secondary N) is 1. The molecule has 4 atom stereocenters. The number of halogens is 1. The molecule has 2 aromatic heterocycles. The normalized spacial score (nSPS) is 26.1. The van der Waals surface area contributed by atoms with E-state index in [0.717, 1.165) is 0 Å². The number of ether oxygens (including phenoxy) is 2. The van der Waals surface area contributed by atoms with Gasteiger partial charge in [0.2, 0.25) is 5.28 Å². The first-order valence-electron chi connectivity index (χ1n) is 7.26. The fourth-order valence-corrected chi connectivity index (χ4v) is 2.70. The van der Waals surface area contributed by atoms with Crippen molar-refractivity contribution in [2.24, 2.45) is 0 Å². The third-order valence-corrected chi connectivity index (χ3v) is 3.82. The average Bonchev–Trinajstić information content (AvgIpc) is 3.08. The number of aliphatic hydroxyl groups is 2. The van der Waals surface area contributed by atoms with Crippen LogP contribution in [0.2, 0.25) is 5.28 Å². The fourth-order valence-electron chi connectivity index (χ4n) is 2.54. The molecule has 0 amide bonds. The molecular formula is C13H16ClN5O6. The smallest absolute Gasteiger partial charge is 0.302 e. The maximum atomic E-state index is 10.9. The molecule has 0 saturated carbocycles. The quantitative estimate of drug-likeness (QED) is 0.361. The van der Waals surface area contributed by atoms with E-state index in [1.807, 2.05) is 0 Å². The number of fused-ring (bicyclic) bond motifs is 1. The van der Waals surface area contributed by atoms with Crippen LogP contribution in [0, 0.1) is 0 Å². The summed E-state index contributed by atoms with van der Waals surface area (Å²) in [5, 5.41) is 20.3. The Balaban J connectivity index is 1.92. The van der Waals surface area contributed by atoms with Gasteiger partial charge in [-0.3, -0.25) is 14.2 Å². The molecule has 2 aromatic rings. The van der Waals surface area contributed by atoms with Crippen LogP contribution in [0.4, 0.5) is 5.82 Å². The number of anilines is 1. The van der Waals surface area contributed by atoms with Crippen molar-refractivity contribution in [2.45, 2.75) is 31.5 Å². The van der Waals surface area contributed by atoms with Gasteiger partial charge in [-0.05, 0) is 11.6 Å². The lowest BCUT2D eigenvalue weighted by molar-refractivity contribution is -0.147. The zero-order valence-corrected chi connectivity index (χ0v) is 14.0. The van der Waals surface area contributed by atoms with Crippen molar-refractivity contribution in [1.82, 2.24) is 19.5 Å². The Kier molecular flexibility index (Phi) is 5.01. The second-order valence-corrected chi connectivity index (χ2v) is 5.66. The van der Waals surface area contributed by atoms with Gasteiger partial charge in [0.05, 0.1) is 13.4 Å². The summed E-state index contributed by atoms with van der Waals surface area (Å²) in [6.07, 6.45) is -3.07.